The molecule has 1 amide bonds. The molecule has 1 fully saturated rings. The van der Waals surface area contributed by atoms with Crippen LogP contribution in [0.15, 0.2) is 12.1 Å². The number of carboxylic acid groups (broad SMARTS) is 1. The lowest BCUT2D eigenvalue weighted by Gasteiger charge is -2.08. The molecule has 2 rings (SSSR count). The van der Waals surface area contributed by atoms with E-state index in [1.807, 2.05) is 12.1 Å². The monoisotopic (exact) mass is 254 g/mol. The van der Waals surface area contributed by atoms with Crippen LogP contribution in [0.3, 0.4) is 0 Å². The summed E-state index contributed by atoms with van der Waals surface area (Å²) < 4.78 is 0. The summed E-state index contributed by atoms with van der Waals surface area (Å²) in [6.07, 6.45) is 0.599. The Morgan fingerprint density at radius 1 is 1.53 bits per heavy atom. The molecule has 6 heteroatoms. The zero-order valence-electron chi connectivity index (χ0n) is 9.23. The van der Waals surface area contributed by atoms with Gasteiger partial charge in [0.1, 0.15) is 0 Å². The van der Waals surface area contributed by atoms with Gasteiger partial charge in [-0.3, -0.25) is 9.59 Å². The number of amides is 1. The zero-order valence-corrected chi connectivity index (χ0v) is 10.0. The Labute approximate surface area is 103 Å². The van der Waals surface area contributed by atoms with Gasteiger partial charge in [0.25, 0.3) is 0 Å². The number of rotatable bonds is 5. The first-order valence-corrected chi connectivity index (χ1v) is 6.24. The summed E-state index contributed by atoms with van der Waals surface area (Å²) in [6.45, 7) is 1.36. The van der Waals surface area contributed by atoms with Crippen LogP contribution in [0.25, 0.3) is 0 Å². The lowest BCUT2D eigenvalue weighted by atomic mass is 10.2. The molecule has 3 N–H and O–H groups in total. The van der Waals surface area contributed by atoms with Crippen molar-refractivity contribution in [2.75, 3.05) is 6.54 Å². The van der Waals surface area contributed by atoms with Crippen molar-refractivity contribution in [3.63, 3.8) is 0 Å². The molecular weight excluding hydrogens is 240 g/mol. The highest BCUT2D eigenvalue weighted by Gasteiger charge is 2.20. The van der Waals surface area contributed by atoms with E-state index in [0.29, 0.717) is 19.5 Å². The van der Waals surface area contributed by atoms with Crippen molar-refractivity contribution in [1.29, 1.82) is 0 Å². The Hall–Kier alpha value is -1.40. The van der Waals surface area contributed by atoms with E-state index >= 15 is 0 Å². The SMILES string of the molecule is O=C(O)Cc1ccc(CNC2CNC(=O)C2)s1. The number of hydrogen-bond acceptors (Lipinski definition) is 4. The number of carbonyl (C=O) groups is 2. The first-order chi connectivity index (χ1) is 8.13. The van der Waals surface area contributed by atoms with Crippen molar-refractivity contribution in [2.24, 2.45) is 0 Å². The molecule has 1 aliphatic rings. The molecule has 92 valence electrons. The van der Waals surface area contributed by atoms with Gasteiger partial charge in [-0.05, 0) is 12.1 Å². The van der Waals surface area contributed by atoms with Crippen molar-refractivity contribution < 1.29 is 14.7 Å². The summed E-state index contributed by atoms with van der Waals surface area (Å²) in [7, 11) is 0. The second-order valence-electron chi connectivity index (χ2n) is 4.02. The highest BCUT2D eigenvalue weighted by Crippen LogP contribution is 2.17. The molecule has 1 saturated heterocycles. The number of aliphatic carboxylic acids is 1. The Kier molecular flexibility index (Phi) is 3.75. The van der Waals surface area contributed by atoms with Crippen LogP contribution >= 0.6 is 11.3 Å². The largest absolute Gasteiger partial charge is 0.481 e. The summed E-state index contributed by atoms with van der Waals surface area (Å²) in [5, 5.41) is 14.7. The van der Waals surface area contributed by atoms with Gasteiger partial charge >= 0.3 is 5.97 Å². The maximum Gasteiger partial charge on any atom is 0.308 e. The second-order valence-corrected chi connectivity index (χ2v) is 5.28. The van der Waals surface area contributed by atoms with Gasteiger partial charge in [0.2, 0.25) is 5.91 Å². The summed E-state index contributed by atoms with van der Waals surface area (Å²) in [4.78, 5) is 23.5. The Balaban J connectivity index is 1.81. The van der Waals surface area contributed by atoms with E-state index in [2.05, 4.69) is 10.6 Å². The van der Waals surface area contributed by atoms with Crippen molar-refractivity contribution >= 4 is 23.2 Å². The predicted molar refractivity (Wildman–Crippen MR) is 63.9 cm³/mol. The summed E-state index contributed by atoms with van der Waals surface area (Å²) in [5.74, 6) is -0.725. The number of nitrogens with one attached hydrogen (secondary N) is 2. The Bertz CT molecular complexity index is 430. The molecule has 1 aliphatic heterocycles. The topological polar surface area (TPSA) is 78.4 Å². The van der Waals surface area contributed by atoms with Crippen molar-refractivity contribution in [3.05, 3.63) is 21.9 Å². The molecule has 1 aromatic rings. The van der Waals surface area contributed by atoms with Crippen LogP contribution in [0.1, 0.15) is 16.2 Å². The fourth-order valence-electron chi connectivity index (χ4n) is 1.76. The lowest BCUT2D eigenvalue weighted by Crippen LogP contribution is -2.30. The molecule has 2 heterocycles. The molecule has 17 heavy (non-hydrogen) atoms. The van der Waals surface area contributed by atoms with Gasteiger partial charge in [-0.1, -0.05) is 0 Å². The van der Waals surface area contributed by atoms with Gasteiger partial charge in [0.05, 0.1) is 6.42 Å². The van der Waals surface area contributed by atoms with Crippen molar-refractivity contribution in [2.45, 2.75) is 25.4 Å². The van der Waals surface area contributed by atoms with Crippen LogP contribution in [-0.2, 0) is 22.6 Å². The molecule has 1 atom stereocenters. The van der Waals surface area contributed by atoms with Gasteiger partial charge < -0.3 is 15.7 Å². The third-order valence-corrected chi connectivity index (χ3v) is 3.67. The number of thiophene rings is 1. The van der Waals surface area contributed by atoms with Gasteiger partial charge in [-0.25, -0.2) is 0 Å². The standard InChI is InChI=1S/C11H14N2O3S/c14-10-3-7(5-13-10)12-6-9-2-1-8(17-9)4-11(15)16/h1-2,7,12H,3-6H2,(H,13,14)(H,15,16). The molecule has 1 aromatic heterocycles. The van der Waals surface area contributed by atoms with Gasteiger partial charge in [-0.15, -0.1) is 11.3 Å². The highest BCUT2D eigenvalue weighted by atomic mass is 32.1. The quantitative estimate of drug-likeness (QED) is 0.708. The molecule has 5 nitrogen and oxygen atoms in total. The van der Waals surface area contributed by atoms with Crippen LogP contribution in [0, 0.1) is 0 Å². The number of carbonyl (C=O) groups excluding carboxylic acids is 1. The average molecular weight is 254 g/mol. The predicted octanol–water partition coefficient (Wildman–Crippen LogP) is 0.353. The zero-order chi connectivity index (χ0) is 12.3. The first kappa shape index (κ1) is 12.1. The Morgan fingerprint density at radius 2 is 2.29 bits per heavy atom. The molecular formula is C11H14N2O3S. The molecule has 1 unspecified atom stereocenters. The fraction of sp³-hybridized carbons (Fsp3) is 0.455. The summed E-state index contributed by atoms with van der Waals surface area (Å²) in [6, 6.07) is 3.96. The summed E-state index contributed by atoms with van der Waals surface area (Å²) >= 11 is 1.50. The maximum absolute atomic E-state index is 11.0. The van der Waals surface area contributed by atoms with Crippen LogP contribution in [0.2, 0.25) is 0 Å². The van der Waals surface area contributed by atoms with Crippen LogP contribution in [-0.4, -0.2) is 29.6 Å². The minimum atomic E-state index is -0.808. The van der Waals surface area contributed by atoms with E-state index in [-0.39, 0.29) is 18.4 Å². The normalized spacial score (nSPS) is 19.3. The van der Waals surface area contributed by atoms with E-state index in [1.54, 1.807) is 0 Å². The molecule has 0 spiro atoms. The van der Waals surface area contributed by atoms with Crippen molar-refractivity contribution in [1.82, 2.24) is 10.6 Å². The maximum atomic E-state index is 11.0. The van der Waals surface area contributed by atoms with E-state index in [0.717, 1.165) is 9.75 Å². The first-order valence-electron chi connectivity index (χ1n) is 5.43. The van der Waals surface area contributed by atoms with Crippen molar-refractivity contribution in [3.8, 4) is 0 Å². The summed E-state index contributed by atoms with van der Waals surface area (Å²) in [5.41, 5.74) is 0. The van der Waals surface area contributed by atoms with Gasteiger partial charge in [-0.2, -0.15) is 0 Å². The lowest BCUT2D eigenvalue weighted by molar-refractivity contribution is -0.136. The smallest absolute Gasteiger partial charge is 0.308 e. The number of carboxylic acids is 1. The van der Waals surface area contributed by atoms with E-state index in [9.17, 15) is 9.59 Å². The average Bonchev–Trinajstić information content (AvgIpc) is 2.84. The molecule has 0 bridgehead atoms. The van der Waals surface area contributed by atoms with Gasteiger partial charge in [0.15, 0.2) is 0 Å². The number of hydrogen-bond donors (Lipinski definition) is 3. The third-order valence-electron chi connectivity index (χ3n) is 2.59. The third kappa shape index (κ3) is 3.54. The van der Waals surface area contributed by atoms with E-state index in [4.69, 9.17) is 5.11 Å². The fourth-order valence-corrected chi connectivity index (χ4v) is 2.72. The van der Waals surface area contributed by atoms with Crippen LogP contribution in [0.4, 0.5) is 0 Å². The van der Waals surface area contributed by atoms with Crippen LogP contribution < -0.4 is 10.6 Å². The molecule has 0 aliphatic carbocycles. The van der Waals surface area contributed by atoms with E-state index in [1.165, 1.54) is 11.3 Å². The molecule has 0 saturated carbocycles. The van der Waals surface area contributed by atoms with E-state index < -0.39 is 5.97 Å². The molecule has 0 radical (unpaired) electrons. The highest BCUT2D eigenvalue weighted by molar-refractivity contribution is 7.12. The second kappa shape index (κ2) is 5.29. The molecule has 0 aromatic carbocycles. The van der Waals surface area contributed by atoms with Gasteiger partial charge in [0, 0.05) is 35.3 Å². The minimum absolute atomic E-state index is 0.0775. The Morgan fingerprint density at radius 3 is 2.94 bits per heavy atom. The minimum Gasteiger partial charge on any atom is -0.481 e. The van der Waals surface area contributed by atoms with Crippen LogP contribution in [0.5, 0.6) is 0 Å².